The number of rotatable bonds is 10. The van der Waals surface area contributed by atoms with Crippen molar-refractivity contribution in [2.45, 2.75) is 33.6 Å². The first-order chi connectivity index (χ1) is 19.8. The fraction of sp³-hybridized carbons (Fsp3) is 0.406. The monoisotopic (exact) mass is 589 g/mol. The Bertz CT molecular complexity index is 1460. The van der Waals surface area contributed by atoms with E-state index in [2.05, 4.69) is 84.1 Å². The second-order valence-corrected chi connectivity index (χ2v) is 12.5. The number of aryl methyl sites for hydroxylation is 3. The number of nitrogens with one attached hydrogen (secondary N) is 1. The van der Waals surface area contributed by atoms with Gasteiger partial charge in [0.05, 0.1) is 21.3 Å². The number of piperazine rings is 1. The molecule has 1 saturated heterocycles. The molecule has 9 heteroatoms. The van der Waals surface area contributed by atoms with Crippen molar-refractivity contribution in [3.63, 3.8) is 0 Å². The molecule has 1 N–H and O–H groups in total. The summed E-state index contributed by atoms with van der Waals surface area (Å²) >= 11 is 8.07. The molecule has 7 nitrogen and oxygen atoms in total. The minimum atomic E-state index is 0.565. The molecule has 5 rings (SSSR count). The summed E-state index contributed by atoms with van der Waals surface area (Å²) in [5, 5.41) is 5.20. The first kappa shape index (κ1) is 29.5. The average Bonchev–Trinajstić information content (AvgIpc) is 3.39. The number of hydrogen-bond donors (Lipinski definition) is 1. The van der Waals surface area contributed by atoms with Gasteiger partial charge in [-0.2, -0.15) is 0 Å². The fourth-order valence-electron chi connectivity index (χ4n) is 5.32. The lowest BCUT2D eigenvalue weighted by molar-refractivity contribution is 0.153. The van der Waals surface area contributed by atoms with Gasteiger partial charge in [-0.1, -0.05) is 18.5 Å². The van der Waals surface area contributed by atoms with Gasteiger partial charge < -0.3 is 20.0 Å². The predicted molar refractivity (Wildman–Crippen MR) is 174 cm³/mol. The molecule has 41 heavy (non-hydrogen) atoms. The number of anilines is 3. The normalized spacial score (nSPS) is 14.4. The molecule has 216 valence electrons. The highest BCUT2D eigenvalue weighted by Gasteiger charge is 2.18. The smallest absolute Gasteiger partial charge is 0.227 e. The van der Waals surface area contributed by atoms with Crippen LogP contribution in [0.3, 0.4) is 0 Å². The third-order valence-corrected chi connectivity index (χ3v) is 9.05. The van der Waals surface area contributed by atoms with E-state index in [4.69, 9.17) is 21.6 Å². The van der Waals surface area contributed by atoms with E-state index in [9.17, 15) is 0 Å². The van der Waals surface area contributed by atoms with Crippen LogP contribution in [-0.4, -0.2) is 78.1 Å². The van der Waals surface area contributed by atoms with E-state index in [-0.39, 0.29) is 0 Å². The zero-order valence-corrected chi connectivity index (χ0v) is 26.3. The molecule has 1 fully saturated rings. The Morgan fingerprint density at radius 1 is 1.02 bits per heavy atom. The highest BCUT2D eigenvalue weighted by molar-refractivity contribution is 7.15. The van der Waals surface area contributed by atoms with Crippen LogP contribution in [0.5, 0.6) is 0 Å². The summed E-state index contributed by atoms with van der Waals surface area (Å²) in [5.74, 6) is 0.565. The summed E-state index contributed by atoms with van der Waals surface area (Å²) in [4.78, 5) is 22.7. The molecule has 2 aromatic carbocycles. The van der Waals surface area contributed by atoms with E-state index >= 15 is 0 Å². The molecule has 0 saturated carbocycles. The molecule has 1 aliphatic rings. The standard InChI is InChI=1S/C32H40ClN7S/c1-6-29-37-30(24-18-22(2)19-25(33)21-24)31(41-29)27-10-11-34-32(36-27)35-26-8-9-28(23(3)20-26)39(5)12-7-13-40-16-14-38(4)15-17-40/h8-11,18-21H,6-7,12-17H2,1-5H3,(H,34,35,36). The van der Waals surface area contributed by atoms with Crippen molar-refractivity contribution >= 4 is 40.3 Å². The molecule has 0 unspecified atom stereocenters. The minimum Gasteiger partial charge on any atom is -0.374 e. The van der Waals surface area contributed by atoms with Gasteiger partial charge in [-0.15, -0.1) is 11.3 Å². The lowest BCUT2D eigenvalue weighted by atomic mass is 10.1. The van der Waals surface area contributed by atoms with Crippen molar-refractivity contribution in [3.05, 3.63) is 69.8 Å². The van der Waals surface area contributed by atoms with Gasteiger partial charge in [0.2, 0.25) is 5.95 Å². The van der Waals surface area contributed by atoms with Crippen molar-refractivity contribution in [3.8, 4) is 21.8 Å². The van der Waals surface area contributed by atoms with Crippen LogP contribution in [0.4, 0.5) is 17.3 Å². The molecule has 0 aliphatic carbocycles. The second kappa shape index (κ2) is 13.3. The van der Waals surface area contributed by atoms with Crippen LogP contribution >= 0.6 is 22.9 Å². The van der Waals surface area contributed by atoms with Crippen molar-refractivity contribution < 1.29 is 0 Å². The van der Waals surface area contributed by atoms with Crippen LogP contribution in [0.15, 0.2) is 48.7 Å². The Balaban J connectivity index is 1.28. The third kappa shape index (κ3) is 7.43. The van der Waals surface area contributed by atoms with Crippen molar-refractivity contribution in [2.75, 3.05) is 63.6 Å². The maximum absolute atomic E-state index is 6.39. The zero-order valence-electron chi connectivity index (χ0n) is 24.7. The molecule has 4 aromatic rings. The second-order valence-electron chi connectivity index (χ2n) is 11.0. The van der Waals surface area contributed by atoms with Crippen LogP contribution in [-0.2, 0) is 6.42 Å². The van der Waals surface area contributed by atoms with Gasteiger partial charge in [-0.25, -0.2) is 15.0 Å². The van der Waals surface area contributed by atoms with E-state index < -0.39 is 0 Å². The Labute approximate surface area is 253 Å². The highest BCUT2D eigenvalue weighted by Crippen LogP contribution is 2.38. The summed E-state index contributed by atoms with van der Waals surface area (Å²) in [5.41, 5.74) is 7.32. The summed E-state index contributed by atoms with van der Waals surface area (Å²) in [6.45, 7) is 13.2. The number of nitrogens with zero attached hydrogens (tertiary/aromatic N) is 6. The molecule has 0 amide bonds. The van der Waals surface area contributed by atoms with Gasteiger partial charge in [0.15, 0.2) is 0 Å². The van der Waals surface area contributed by atoms with Crippen molar-refractivity contribution in [1.29, 1.82) is 0 Å². The highest BCUT2D eigenvalue weighted by atomic mass is 35.5. The Morgan fingerprint density at radius 2 is 1.83 bits per heavy atom. The summed E-state index contributed by atoms with van der Waals surface area (Å²) in [7, 11) is 4.39. The molecule has 2 aromatic heterocycles. The average molecular weight is 590 g/mol. The van der Waals surface area contributed by atoms with Crippen molar-refractivity contribution in [2.24, 2.45) is 0 Å². The van der Waals surface area contributed by atoms with Crippen LogP contribution < -0.4 is 10.2 Å². The van der Waals surface area contributed by atoms with Gasteiger partial charge in [0.1, 0.15) is 0 Å². The fourth-order valence-corrected chi connectivity index (χ4v) is 6.60. The maximum Gasteiger partial charge on any atom is 0.227 e. The predicted octanol–water partition coefficient (Wildman–Crippen LogP) is 6.92. The van der Waals surface area contributed by atoms with E-state index in [0.717, 1.165) is 64.0 Å². The first-order valence-electron chi connectivity index (χ1n) is 14.4. The Morgan fingerprint density at radius 3 is 2.56 bits per heavy atom. The van der Waals surface area contributed by atoms with Crippen LogP contribution in [0.25, 0.3) is 21.8 Å². The van der Waals surface area contributed by atoms with Crippen molar-refractivity contribution in [1.82, 2.24) is 24.8 Å². The van der Waals surface area contributed by atoms with Crippen LogP contribution in [0, 0.1) is 13.8 Å². The molecule has 0 bridgehead atoms. The third-order valence-electron chi connectivity index (χ3n) is 7.61. The number of thiazole rings is 1. The van der Waals surface area contributed by atoms with E-state index in [1.54, 1.807) is 17.5 Å². The maximum atomic E-state index is 6.39. The van der Waals surface area contributed by atoms with Crippen LogP contribution in [0.2, 0.25) is 5.02 Å². The molecule has 1 aliphatic heterocycles. The molecule has 0 atom stereocenters. The summed E-state index contributed by atoms with van der Waals surface area (Å²) < 4.78 is 0. The minimum absolute atomic E-state index is 0.565. The number of halogens is 1. The van der Waals surface area contributed by atoms with Gasteiger partial charge in [0.25, 0.3) is 0 Å². The largest absolute Gasteiger partial charge is 0.374 e. The number of hydrogen-bond acceptors (Lipinski definition) is 8. The number of aromatic nitrogens is 3. The zero-order chi connectivity index (χ0) is 28.9. The first-order valence-corrected chi connectivity index (χ1v) is 15.6. The number of benzene rings is 2. The van der Waals surface area contributed by atoms with Gasteiger partial charge in [-0.3, -0.25) is 0 Å². The molecule has 0 spiro atoms. The molecule has 0 radical (unpaired) electrons. The topological polar surface area (TPSA) is 60.4 Å². The summed E-state index contributed by atoms with van der Waals surface area (Å²) in [6, 6.07) is 14.5. The Hall–Kier alpha value is -3.04. The SMILES string of the molecule is CCc1nc(-c2cc(C)cc(Cl)c2)c(-c2ccnc(Nc3ccc(N(C)CCCN4CCN(C)CC4)c(C)c3)n2)s1. The van der Waals surface area contributed by atoms with E-state index in [0.29, 0.717) is 11.0 Å². The summed E-state index contributed by atoms with van der Waals surface area (Å²) in [6.07, 6.45) is 3.83. The Kier molecular flexibility index (Phi) is 9.55. The molecular formula is C32H40ClN7S. The molecular weight excluding hydrogens is 550 g/mol. The van der Waals surface area contributed by atoms with E-state index in [1.165, 1.54) is 37.4 Å². The van der Waals surface area contributed by atoms with Gasteiger partial charge >= 0.3 is 0 Å². The van der Waals surface area contributed by atoms with Gasteiger partial charge in [0, 0.05) is 67.9 Å². The van der Waals surface area contributed by atoms with Crippen LogP contribution in [0.1, 0.15) is 29.5 Å². The lowest BCUT2D eigenvalue weighted by Crippen LogP contribution is -2.45. The molecule has 3 heterocycles. The van der Waals surface area contributed by atoms with Gasteiger partial charge in [-0.05, 0) is 93.9 Å². The number of likely N-dealkylation sites (N-methyl/N-ethyl adjacent to an activating group) is 1. The lowest BCUT2D eigenvalue weighted by Gasteiger charge is -2.33. The quantitative estimate of drug-likeness (QED) is 0.215. The van der Waals surface area contributed by atoms with E-state index in [1.807, 2.05) is 18.2 Å².